The third-order valence-corrected chi connectivity index (χ3v) is 5.64. The SMILES string of the molecule is O=C(c1ccccc1Br)N1C(=O)[C@H]2CCCCN2C(=O)c2ccccc21. The number of rotatable bonds is 1. The van der Waals surface area contributed by atoms with Crippen molar-refractivity contribution in [2.45, 2.75) is 25.3 Å². The summed E-state index contributed by atoms with van der Waals surface area (Å²) in [5.74, 6) is -0.931. The highest BCUT2D eigenvalue weighted by Gasteiger charge is 2.43. The van der Waals surface area contributed by atoms with Gasteiger partial charge >= 0.3 is 0 Å². The van der Waals surface area contributed by atoms with Crippen LogP contribution in [0.1, 0.15) is 40.0 Å². The Morgan fingerprint density at radius 3 is 2.54 bits per heavy atom. The van der Waals surface area contributed by atoms with Crippen LogP contribution in [-0.4, -0.2) is 35.2 Å². The van der Waals surface area contributed by atoms with Crippen LogP contribution >= 0.6 is 15.9 Å². The Hall–Kier alpha value is -2.47. The van der Waals surface area contributed by atoms with Crippen molar-refractivity contribution in [1.82, 2.24) is 4.90 Å². The minimum atomic E-state index is -0.588. The van der Waals surface area contributed by atoms with Gasteiger partial charge in [0.15, 0.2) is 0 Å². The van der Waals surface area contributed by atoms with Crippen LogP contribution in [0.2, 0.25) is 0 Å². The van der Waals surface area contributed by atoms with Crippen molar-refractivity contribution in [3.8, 4) is 0 Å². The number of fused-ring (bicyclic) bond motifs is 2. The molecule has 1 fully saturated rings. The van der Waals surface area contributed by atoms with Gasteiger partial charge in [-0.3, -0.25) is 14.4 Å². The smallest absolute Gasteiger partial charge is 0.266 e. The zero-order chi connectivity index (χ0) is 18.3. The largest absolute Gasteiger partial charge is 0.327 e. The molecule has 2 aliphatic rings. The summed E-state index contributed by atoms with van der Waals surface area (Å²) in [5.41, 5.74) is 1.15. The summed E-state index contributed by atoms with van der Waals surface area (Å²) < 4.78 is 0.617. The van der Waals surface area contributed by atoms with Crippen LogP contribution in [0.3, 0.4) is 0 Å². The number of nitrogens with zero attached hydrogens (tertiary/aromatic N) is 2. The Labute approximate surface area is 159 Å². The normalized spacial score (nSPS) is 19.7. The number of imide groups is 1. The molecule has 0 spiro atoms. The lowest BCUT2D eigenvalue weighted by Crippen LogP contribution is -2.52. The van der Waals surface area contributed by atoms with Crippen molar-refractivity contribution in [1.29, 1.82) is 0 Å². The molecular formula is C20H17BrN2O3. The third kappa shape index (κ3) is 2.65. The highest BCUT2D eigenvalue weighted by molar-refractivity contribution is 9.10. The molecule has 0 N–H and O–H groups in total. The number of hydrogen-bond donors (Lipinski definition) is 0. The van der Waals surface area contributed by atoms with Crippen LogP contribution in [0.5, 0.6) is 0 Å². The average molecular weight is 413 g/mol. The molecule has 1 atom stereocenters. The molecule has 132 valence electrons. The Morgan fingerprint density at radius 2 is 1.73 bits per heavy atom. The van der Waals surface area contributed by atoms with Gasteiger partial charge in [0.2, 0.25) is 0 Å². The van der Waals surface area contributed by atoms with Gasteiger partial charge in [0.1, 0.15) is 6.04 Å². The van der Waals surface area contributed by atoms with Crippen LogP contribution in [-0.2, 0) is 4.79 Å². The zero-order valence-corrected chi connectivity index (χ0v) is 15.6. The van der Waals surface area contributed by atoms with E-state index in [1.165, 1.54) is 4.90 Å². The monoisotopic (exact) mass is 412 g/mol. The van der Waals surface area contributed by atoms with E-state index in [1.54, 1.807) is 47.4 Å². The summed E-state index contributed by atoms with van der Waals surface area (Å²) in [5, 5.41) is 0. The summed E-state index contributed by atoms with van der Waals surface area (Å²) in [4.78, 5) is 42.4. The number of anilines is 1. The summed E-state index contributed by atoms with van der Waals surface area (Å²) in [7, 11) is 0. The third-order valence-electron chi connectivity index (χ3n) is 4.95. The number of halogens is 1. The first-order chi connectivity index (χ1) is 12.6. The van der Waals surface area contributed by atoms with Gasteiger partial charge in [0.05, 0.1) is 16.8 Å². The molecule has 2 aliphatic heterocycles. The highest BCUT2D eigenvalue weighted by atomic mass is 79.9. The molecule has 0 bridgehead atoms. The second-order valence-electron chi connectivity index (χ2n) is 6.49. The van der Waals surface area contributed by atoms with E-state index in [1.807, 2.05) is 6.07 Å². The van der Waals surface area contributed by atoms with Crippen molar-refractivity contribution in [2.24, 2.45) is 0 Å². The number of carbonyl (C=O) groups is 3. The fourth-order valence-corrected chi connectivity index (χ4v) is 4.12. The maximum atomic E-state index is 13.3. The second-order valence-corrected chi connectivity index (χ2v) is 7.34. The molecule has 0 aliphatic carbocycles. The van der Waals surface area contributed by atoms with E-state index in [0.29, 0.717) is 34.3 Å². The Morgan fingerprint density at radius 1 is 1.00 bits per heavy atom. The van der Waals surface area contributed by atoms with E-state index in [2.05, 4.69) is 15.9 Å². The van der Waals surface area contributed by atoms with Gasteiger partial charge in [-0.25, -0.2) is 4.90 Å². The quantitative estimate of drug-likeness (QED) is 0.671. The van der Waals surface area contributed by atoms with Gasteiger partial charge in [0, 0.05) is 11.0 Å². The van der Waals surface area contributed by atoms with E-state index in [9.17, 15) is 14.4 Å². The fourth-order valence-electron chi connectivity index (χ4n) is 3.67. The predicted molar refractivity (Wildman–Crippen MR) is 101 cm³/mol. The van der Waals surface area contributed by atoms with Crippen LogP contribution in [0, 0.1) is 0 Å². The molecule has 0 unspecified atom stereocenters. The first-order valence-electron chi connectivity index (χ1n) is 8.62. The minimum Gasteiger partial charge on any atom is -0.327 e. The van der Waals surface area contributed by atoms with Crippen LogP contribution in [0.25, 0.3) is 0 Å². The molecule has 2 aromatic carbocycles. The van der Waals surface area contributed by atoms with Gasteiger partial charge in [0.25, 0.3) is 17.7 Å². The van der Waals surface area contributed by atoms with Gasteiger partial charge in [-0.1, -0.05) is 24.3 Å². The first-order valence-corrected chi connectivity index (χ1v) is 9.41. The number of piperidine rings is 1. The van der Waals surface area contributed by atoms with E-state index < -0.39 is 11.9 Å². The van der Waals surface area contributed by atoms with Gasteiger partial charge in [-0.15, -0.1) is 0 Å². The van der Waals surface area contributed by atoms with Crippen LogP contribution < -0.4 is 4.90 Å². The summed E-state index contributed by atoms with van der Waals surface area (Å²) >= 11 is 3.39. The van der Waals surface area contributed by atoms with E-state index in [4.69, 9.17) is 0 Å². The van der Waals surface area contributed by atoms with Gasteiger partial charge < -0.3 is 4.90 Å². The molecule has 2 heterocycles. The number of para-hydroxylation sites is 1. The number of benzene rings is 2. The van der Waals surface area contributed by atoms with E-state index in [0.717, 1.165) is 12.8 Å². The Bertz CT molecular complexity index is 911. The van der Waals surface area contributed by atoms with Gasteiger partial charge in [-0.05, 0) is 59.5 Å². The number of carbonyl (C=O) groups excluding carboxylic acids is 3. The van der Waals surface area contributed by atoms with Crippen LogP contribution in [0.4, 0.5) is 5.69 Å². The van der Waals surface area contributed by atoms with Crippen LogP contribution in [0.15, 0.2) is 53.0 Å². The molecule has 5 nitrogen and oxygen atoms in total. The van der Waals surface area contributed by atoms with Crippen molar-refractivity contribution < 1.29 is 14.4 Å². The topological polar surface area (TPSA) is 57.7 Å². The van der Waals surface area contributed by atoms with Crippen molar-refractivity contribution in [3.05, 3.63) is 64.1 Å². The van der Waals surface area contributed by atoms with Gasteiger partial charge in [-0.2, -0.15) is 0 Å². The number of hydrogen-bond acceptors (Lipinski definition) is 3. The molecule has 0 saturated carbocycles. The zero-order valence-electron chi connectivity index (χ0n) is 14.0. The Kier molecular flexibility index (Phi) is 4.36. The standard InChI is InChI=1S/C20H17BrN2O3/c21-15-9-3-1-7-13(15)19(25)23-16-10-4-2-8-14(16)18(24)22-12-6-5-11-17(22)20(23)26/h1-4,7-10,17H,5-6,11-12H2/t17-/m1/s1. The maximum absolute atomic E-state index is 13.3. The molecule has 4 rings (SSSR count). The fraction of sp³-hybridized carbons (Fsp3) is 0.250. The molecule has 0 radical (unpaired) electrons. The van der Waals surface area contributed by atoms with Crippen molar-refractivity contribution >= 4 is 39.3 Å². The first kappa shape index (κ1) is 17.0. The van der Waals surface area contributed by atoms with Crippen molar-refractivity contribution in [2.75, 3.05) is 11.4 Å². The molecule has 0 aromatic heterocycles. The second kappa shape index (κ2) is 6.68. The lowest BCUT2D eigenvalue weighted by molar-refractivity contribution is -0.123. The molecule has 2 aromatic rings. The minimum absolute atomic E-state index is 0.180. The summed E-state index contributed by atoms with van der Waals surface area (Å²) in [6.45, 7) is 0.542. The summed E-state index contributed by atoms with van der Waals surface area (Å²) in [6, 6.07) is 13.3. The van der Waals surface area contributed by atoms with E-state index >= 15 is 0 Å². The molecular weight excluding hydrogens is 396 g/mol. The maximum Gasteiger partial charge on any atom is 0.266 e. The average Bonchev–Trinajstić information content (AvgIpc) is 2.76. The number of amides is 3. The van der Waals surface area contributed by atoms with E-state index in [-0.39, 0.29) is 11.8 Å². The lowest BCUT2D eigenvalue weighted by atomic mass is 10.0. The van der Waals surface area contributed by atoms with Crippen molar-refractivity contribution in [3.63, 3.8) is 0 Å². The predicted octanol–water partition coefficient (Wildman–Crippen LogP) is 3.63. The molecule has 3 amide bonds. The Balaban J connectivity index is 1.88. The highest BCUT2D eigenvalue weighted by Crippen LogP contribution is 2.33. The molecule has 26 heavy (non-hydrogen) atoms. The lowest BCUT2D eigenvalue weighted by Gasteiger charge is -2.34. The molecule has 6 heteroatoms. The summed E-state index contributed by atoms with van der Waals surface area (Å²) in [6.07, 6.45) is 2.32. The molecule has 1 saturated heterocycles.